The van der Waals surface area contributed by atoms with Crippen molar-refractivity contribution in [3.05, 3.63) is 28.8 Å². The Hall–Kier alpha value is -0.870. The summed E-state index contributed by atoms with van der Waals surface area (Å²) >= 11 is 7.08. The van der Waals surface area contributed by atoms with Crippen molar-refractivity contribution >= 4 is 35.0 Å². The summed E-state index contributed by atoms with van der Waals surface area (Å²) in [4.78, 5) is 10.6. The maximum atomic E-state index is 10.6. The molecule has 1 rings (SSSR count). The Bertz CT molecular complexity index is 370. The molecule has 82 valence electrons. The van der Waals surface area contributed by atoms with Crippen molar-refractivity contribution in [2.75, 3.05) is 5.73 Å². The lowest BCUT2D eigenvalue weighted by Crippen LogP contribution is -2.11. The molecule has 0 heterocycles. The third kappa shape index (κ3) is 3.64. The highest BCUT2D eigenvalue weighted by atomic mass is 35.5. The number of hydrogen-bond acceptors (Lipinski definition) is 3. The fourth-order valence-electron chi connectivity index (χ4n) is 0.983. The monoisotopic (exact) mass is 245 g/mol. The van der Waals surface area contributed by atoms with Gasteiger partial charge in [-0.25, -0.2) is 0 Å². The number of hydrogen-bond donors (Lipinski definition) is 2. The molecule has 0 saturated carbocycles. The van der Waals surface area contributed by atoms with Gasteiger partial charge in [0.25, 0.3) is 0 Å². The van der Waals surface area contributed by atoms with E-state index in [2.05, 4.69) is 0 Å². The van der Waals surface area contributed by atoms with Gasteiger partial charge in [0.15, 0.2) is 0 Å². The van der Waals surface area contributed by atoms with E-state index < -0.39 is 11.2 Å². The molecule has 0 bridgehead atoms. The summed E-state index contributed by atoms with van der Waals surface area (Å²) in [6, 6.07) is 5.24. The zero-order chi connectivity index (χ0) is 11.4. The summed E-state index contributed by atoms with van der Waals surface area (Å²) in [6.45, 7) is 1.65. The second-order valence-corrected chi connectivity index (χ2v) is 4.90. The molecule has 15 heavy (non-hydrogen) atoms. The van der Waals surface area contributed by atoms with Gasteiger partial charge >= 0.3 is 5.97 Å². The molecule has 0 fully saturated rings. The quantitative estimate of drug-likeness (QED) is 0.801. The molecule has 0 amide bonds. The third-order valence-electron chi connectivity index (χ3n) is 1.94. The number of rotatable bonds is 4. The summed E-state index contributed by atoms with van der Waals surface area (Å²) in [5.74, 6) is -0.233. The minimum absolute atomic E-state index is 0.430. The lowest BCUT2D eigenvalue weighted by molar-refractivity contribution is -0.136. The van der Waals surface area contributed by atoms with Gasteiger partial charge < -0.3 is 10.8 Å². The first-order valence-corrected chi connectivity index (χ1v) is 5.81. The molecule has 0 radical (unpaired) electrons. The Labute approximate surface area is 97.6 Å². The molecule has 3 N–H and O–H groups in total. The first-order chi connectivity index (χ1) is 7.00. The van der Waals surface area contributed by atoms with Gasteiger partial charge in [-0.3, -0.25) is 4.79 Å². The first kappa shape index (κ1) is 12.2. The van der Waals surface area contributed by atoms with E-state index in [0.29, 0.717) is 16.5 Å². The topological polar surface area (TPSA) is 63.3 Å². The fraction of sp³-hybridized carbons (Fsp3) is 0.300. The Balaban J connectivity index is 2.62. The van der Waals surface area contributed by atoms with Crippen LogP contribution in [0.25, 0.3) is 0 Å². The van der Waals surface area contributed by atoms with Gasteiger partial charge in [0.05, 0.1) is 5.25 Å². The van der Waals surface area contributed by atoms with Crippen molar-refractivity contribution < 1.29 is 9.90 Å². The average Bonchev–Trinajstić information content (AvgIpc) is 2.15. The van der Waals surface area contributed by atoms with E-state index in [0.717, 1.165) is 5.56 Å². The Kier molecular flexibility index (Phi) is 4.29. The highest BCUT2D eigenvalue weighted by Crippen LogP contribution is 2.24. The van der Waals surface area contributed by atoms with Crippen molar-refractivity contribution in [1.29, 1.82) is 0 Å². The largest absolute Gasteiger partial charge is 0.480 e. The molecule has 0 saturated heterocycles. The van der Waals surface area contributed by atoms with Crippen molar-refractivity contribution in [2.24, 2.45) is 0 Å². The van der Waals surface area contributed by atoms with Gasteiger partial charge in [-0.05, 0) is 24.6 Å². The zero-order valence-corrected chi connectivity index (χ0v) is 9.81. The van der Waals surface area contributed by atoms with E-state index in [9.17, 15) is 4.79 Å². The van der Waals surface area contributed by atoms with Crippen LogP contribution in [0.2, 0.25) is 5.02 Å². The third-order valence-corrected chi connectivity index (χ3v) is 3.36. The standard InChI is InChI=1S/C10H12ClNO2S/c1-6(10(13)14)15-5-7-2-3-8(11)4-9(7)12/h2-4,6H,5,12H2,1H3,(H,13,14). The summed E-state index contributed by atoms with van der Waals surface area (Å²) in [6.07, 6.45) is 0. The van der Waals surface area contributed by atoms with Crippen LogP contribution in [0.15, 0.2) is 18.2 Å². The predicted octanol–water partition coefficient (Wildman–Crippen LogP) is 2.63. The van der Waals surface area contributed by atoms with E-state index >= 15 is 0 Å². The summed E-state index contributed by atoms with van der Waals surface area (Å²) in [7, 11) is 0. The molecule has 0 aliphatic rings. The smallest absolute Gasteiger partial charge is 0.316 e. The number of nitrogens with two attached hydrogens (primary N) is 1. The van der Waals surface area contributed by atoms with Gasteiger partial charge in [0, 0.05) is 16.5 Å². The number of aliphatic carboxylic acids is 1. The minimum Gasteiger partial charge on any atom is -0.480 e. The zero-order valence-electron chi connectivity index (χ0n) is 8.24. The average molecular weight is 246 g/mol. The molecular formula is C10H12ClNO2S. The maximum absolute atomic E-state index is 10.6. The van der Waals surface area contributed by atoms with Gasteiger partial charge in [0.2, 0.25) is 0 Å². The fourth-order valence-corrected chi connectivity index (χ4v) is 2.00. The van der Waals surface area contributed by atoms with E-state index in [1.807, 2.05) is 6.07 Å². The number of thioether (sulfide) groups is 1. The van der Waals surface area contributed by atoms with E-state index in [1.54, 1.807) is 19.1 Å². The minimum atomic E-state index is -0.812. The summed E-state index contributed by atoms with van der Waals surface area (Å²) in [5, 5.41) is 8.86. The van der Waals surface area contributed by atoms with Crippen LogP contribution in [0.1, 0.15) is 12.5 Å². The Morgan fingerprint density at radius 3 is 2.87 bits per heavy atom. The highest BCUT2D eigenvalue weighted by Gasteiger charge is 2.11. The number of carboxylic acid groups (broad SMARTS) is 1. The van der Waals surface area contributed by atoms with Gasteiger partial charge in [-0.15, -0.1) is 11.8 Å². The van der Waals surface area contributed by atoms with Gasteiger partial charge in [-0.1, -0.05) is 17.7 Å². The van der Waals surface area contributed by atoms with Crippen LogP contribution in [-0.2, 0) is 10.5 Å². The summed E-state index contributed by atoms with van der Waals surface area (Å²) < 4.78 is 0. The molecule has 0 aliphatic heterocycles. The number of carbonyl (C=O) groups is 1. The number of nitrogen functional groups attached to an aromatic ring is 1. The molecule has 1 aromatic rings. The molecule has 5 heteroatoms. The van der Waals surface area contributed by atoms with Crippen molar-refractivity contribution in [1.82, 2.24) is 0 Å². The van der Waals surface area contributed by atoms with Crippen molar-refractivity contribution in [3.63, 3.8) is 0 Å². The Morgan fingerprint density at radius 1 is 1.67 bits per heavy atom. The number of carboxylic acids is 1. The lowest BCUT2D eigenvalue weighted by atomic mass is 10.2. The molecule has 1 unspecified atom stereocenters. The second kappa shape index (κ2) is 5.28. The lowest BCUT2D eigenvalue weighted by Gasteiger charge is -2.08. The maximum Gasteiger partial charge on any atom is 0.316 e. The molecule has 1 atom stereocenters. The summed E-state index contributed by atoms with van der Waals surface area (Å²) in [5.41, 5.74) is 7.26. The molecule has 0 spiro atoms. The SMILES string of the molecule is CC(SCc1ccc(Cl)cc1N)C(=O)O. The first-order valence-electron chi connectivity index (χ1n) is 4.39. The molecule has 0 aliphatic carbocycles. The van der Waals surface area contributed by atoms with Crippen LogP contribution in [0, 0.1) is 0 Å². The number of halogens is 1. The molecule has 0 aromatic heterocycles. The van der Waals surface area contributed by atoms with Crippen LogP contribution in [-0.4, -0.2) is 16.3 Å². The normalized spacial score (nSPS) is 12.4. The van der Waals surface area contributed by atoms with E-state index in [4.69, 9.17) is 22.4 Å². The van der Waals surface area contributed by atoms with Gasteiger partial charge in [-0.2, -0.15) is 0 Å². The number of anilines is 1. The van der Waals surface area contributed by atoms with Crippen LogP contribution >= 0.6 is 23.4 Å². The van der Waals surface area contributed by atoms with Gasteiger partial charge in [0.1, 0.15) is 0 Å². The van der Waals surface area contributed by atoms with Crippen LogP contribution in [0.3, 0.4) is 0 Å². The number of benzene rings is 1. The van der Waals surface area contributed by atoms with Crippen LogP contribution in [0.5, 0.6) is 0 Å². The van der Waals surface area contributed by atoms with Crippen molar-refractivity contribution in [3.8, 4) is 0 Å². The van der Waals surface area contributed by atoms with Crippen molar-refractivity contribution in [2.45, 2.75) is 17.9 Å². The van der Waals surface area contributed by atoms with E-state index in [-0.39, 0.29) is 0 Å². The van der Waals surface area contributed by atoms with E-state index in [1.165, 1.54) is 11.8 Å². The Morgan fingerprint density at radius 2 is 2.33 bits per heavy atom. The van der Waals surface area contributed by atoms with Crippen LogP contribution in [0.4, 0.5) is 5.69 Å². The molecular weight excluding hydrogens is 234 g/mol. The molecule has 3 nitrogen and oxygen atoms in total. The molecule has 1 aromatic carbocycles. The van der Waals surface area contributed by atoms with Crippen LogP contribution < -0.4 is 5.73 Å². The predicted molar refractivity (Wildman–Crippen MR) is 64.3 cm³/mol. The highest BCUT2D eigenvalue weighted by molar-refractivity contribution is 7.99. The second-order valence-electron chi connectivity index (χ2n) is 3.13.